The monoisotopic (exact) mass is 279 g/mol. The van der Waals surface area contributed by atoms with Gasteiger partial charge in [-0.3, -0.25) is 0 Å². The van der Waals surface area contributed by atoms with Gasteiger partial charge in [0.05, 0.1) is 7.11 Å². The number of anilines is 1. The first-order valence-electron chi connectivity index (χ1n) is 6.15. The lowest BCUT2D eigenvalue weighted by Crippen LogP contribution is -1.99. The molecular weight excluding hydrogens is 262 g/mol. The Morgan fingerprint density at radius 2 is 2.21 bits per heavy atom. The van der Waals surface area contributed by atoms with Crippen LogP contribution in [0.4, 0.5) is 5.13 Å². The van der Waals surface area contributed by atoms with E-state index < -0.39 is 0 Å². The van der Waals surface area contributed by atoms with Gasteiger partial charge >= 0.3 is 0 Å². The Morgan fingerprint density at radius 3 is 2.89 bits per heavy atom. The number of nitrogens with one attached hydrogen (secondary N) is 1. The minimum absolute atomic E-state index is 0.144. The molecule has 102 valence electrons. The highest BCUT2D eigenvalue weighted by Crippen LogP contribution is 2.26. The predicted molar refractivity (Wildman–Crippen MR) is 75.9 cm³/mol. The number of phenols is 1. The van der Waals surface area contributed by atoms with Gasteiger partial charge in [-0.1, -0.05) is 24.3 Å². The van der Waals surface area contributed by atoms with Crippen LogP contribution in [0.1, 0.15) is 23.9 Å². The summed E-state index contributed by atoms with van der Waals surface area (Å²) in [6.45, 7) is 2.72. The molecule has 0 saturated heterocycles. The zero-order valence-electron chi connectivity index (χ0n) is 11.0. The van der Waals surface area contributed by atoms with Gasteiger partial charge in [0, 0.05) is 13.0 Å². The summed E-state index contributed by atoms with van der Waals surface area (Å²) < 4.78 is 5.00. The van der Waals surface area contributed by atoms with Crippen LogP contribution in [0, 0.1) is 0 Å². The van der Waals surface area contributed by atoms with Crippen LogP contribution in [0.25, 0.3) is 0 Å². The van der Waals surface area contributed by atoms with Gasteiger partial charge in [0.2, 0.25) is 5.13 Å². The molecule has 0 atom stereocenters. The Balaban J connectivity index is 1.95. The Labute approximate surface area is 116 Å². The fourth-order valence-electron chi connectivity index (χ4n) is 1.66. The second-order valence-electron chi connectivity index (χ2n) is 4.11. The molecule has 19 heavy (non-hydrogen) atoms. The lowest BCUT2D eigenvalue weighted by Gasteiger charge is -2.06. The van der Waals surface area contributed by atoms with Gasteiger partial charge < -0.3 is 15.2 Å². The molecule has 0 spiro atoms. The van der Waals surface area contributed by atoms with E-state index in [1.807, 2.05) is 6.07 Å². The number of aryl methyl sites for hydroxylation is 1. The van der Waals surface area contributed by atoms with E-state index in [2.05, 4.69) is 22.4 Å². The van der Waals surface area contributed by atoms with Gasteiger partial charge in [-0.05, 0) is 24.1 Å². The average Bonchev–Trinajstić information content (AvgIpc) is 2.85. The standard InChI is InChI=1S/C13H17N3O2S/c1-3-4-12-15-16-13(19-12)14-8-9-5-6-11(18-2)10(17)7-9/h5-7,17H,3-4,8H2,1-2H3,(H,14,16). The molecule has 0 saturated carbocycles. The molecule has 1 aromatic heterocycles. The van der Waals surface area contributed by atoms with E-state index in [4.69, 9.17) is 4.74 Å². The molecule has 1 heterocycles. The van der Waals surface area contributed by atoms with Crippen molar-refractivity contribution in [1.82, 2.24) is 10.2 Å². The second kappa shape index (κ2) is 6.38. The van der Waals surface area contributed by atoms with Gasteiger partial charge in [0.25, 0.3) is 0 Å². The first-order chi connectivity index (χ1) is 9.22. The molecule has 1 aromatic carbocycles. The Kier molecular flexibility index (Phi) is 4.57. The summed E-state index contributed by atoms with van der Waals surface area (Å²) >= 11 is 1.57. The van der Waals surface area contributed by atoms with E-state index in [1.54, 1.807) is 23.5 Å². The minimum Gasteiger partial charge on any atom is -0.504 e. The number of nitrogens with zero attached hydrogens (tertiary/aromatic N) is 2. The van der Waals surface area contributed by atoms with Crippen molar-refractivity contribution in [2.24, 2.45) is 0 Å². The molecule has 0 bridgehead atoms. The molecular formula is C13H17N3O2S. The third kappa shape index (κ3) is 3.57. The first-order valence-corrected chi connectivity index (χ1v) is 6.96. The van der Waals surface area contributed by atoms with E-state index in [0.29, 0.717) is 12.3 Å². The molecule has 6 heteroatoms. The number of phenolic OH excluding ortho intramolecular Hbond substituents is 1. The molecule has 0 aliphatic rings. The molecule has 2 aromatic rings. The third-order valence-electron chi connectivity index (χ3n) is 2.62. The number of rotatable bonds is 6. The predicted octanol–water partition coefficient (Wildman–Crippen LogP) is 2.82. The van der Waals surface area contributed by atoms with Crippen molar-refractivity contribution in [3.63, 3.8) is 0 Å². The van der Waals surface area contributed by atoms with Gasteiger partial charge in [-0.15, -0.1) is 10.2 Å². The first kappa shape index (κ1) is 13.6. The summed E-state index contributed by atoms with van der Waals surface area (Å²) in [5.41, 5.74) is 0.963. The zero-order valence-corrected chi connectivity index (χ0v) is 11.8. The highest BCUT2D eigenvalue weighted by molar-refractivity contribution is 7.15. The normalized spacial score (nSPS) is 10.4. The highest BCUT2D eigenvalue weighted by atomic mass is 32.1. The summed E-state index contributed by atoms with van der Waals surface area (Å²) in [6.07, 6.45) is 2.03. The molecule has 0 radical (unpaired) electrons. The Hall–Kier alpha value is -1.82. The van der Waals surface area contributed by atoms with Crippen LogP contribution in [0.2, 0.25) is 0 Å². The summed E-state index contributed by atoms with van der Waals surface area (Å²) in [5, 5.41) is 22.9. The summed E-state index contributed by atoms with van der Waals surface area (Å²) in [6, 6.07) is 5.33. The van der Waals surface area contributed by atoms with Gasteiger partial charge in [-0.2, -0.15) is 0 Å². The maximum atomic E-state index is 9.68. The largest absolute Gasteiger partial charge is 0.504 e. The lowest BCUT2D eigenvalue weighted by atomic mass is 10.2. The molecule has 0 fully saturated rings. The maximum absolute atomic E-state index is 9.68. The van der Waals surface area contributed by atoms with E-state index in [-0.39, 0.29) is 5.75 Å². The molecule has 0 aliphatic carbocycles. The van der Waals surface area contributed by atoms with Crippen molar-refractivity contribution in [2.45, 2.75) is 26.3 Å². The van der Waals surface area contributed by atoms with Crippen LogP contribution in [0.5, 0.6) is 11.5 Å². The highest BCUT2D eigenvalue weighted by Gasteiger charge is 2.05. The fraction of sp³-hybridized carbons (Fsp3) is 0.385. The van der Waals surface area contributed by atoms with Crippen LogP contribution in [-0.2, 0) is 13.0 Å². The van der Waals surface area contributed by atoms with Crippen LogP contribution in [0.3, 0.4) is 0 Å². The number of aromatic nitrogens is 2. The van der Waals surface area contributed by atoms with E-state index in [9.17, 15) is 5.11 Å². The molecule has 5 nitrogen and oxygen atoms in total. The summed E-state index contributed by atoms with van der Waals surface area (Å²) in [5.74, 6) is 0.621. The average molecular weight is 279 g/mol. The number of hydrogen-bond acceptors (Lipinski definition) is 6. The maximum Gasteiger partial charge on any atom is 0.205 e. The number of benzene rings is 1. The number of methoxy groups -OCH3 is 1. The van der Waals surface area contributed by atoms with Crippen molar-refractivity contribution in [3.8, 4) is 11.5 Å². The van der Waals surface area contributed by atoms with Crippen molar-refractivity contribution < 1.29 is 9.84 Å². The van der Waals surface area contributed by atoms with Crippen LogP contribution in [-0.4, -0.2) is 22.4 Å². The van der Waals surface area contributed by atoms with Crippen LogP contribution in [0.15, 0.2) is 18.2 Å². The lowest BCUT2D eigenvalue weighted by molar-refractivity contribution is 0.373. The second-order valence-corrected chi connectivity index (χ2v) is 5.17. The van der Waals surface area contributed by atoms with Crippen LogP contribution >= 0.6 is 11.3 Å². The quantitative estimate of drug-likeness (QED) is 0.851. The van der Waals surface area contributed by atoms with Crippen molar-refractivity contribution in [3.05, 3.63) is 28.8 Å². The number of hydrogen-bond donors (Lipinski definition) is 2. The molecule has 0 unspecified atom stereocenters. The van der Waals surface area contributed by atoms with E-state index in [0.717, 1.165) is 28.5 Å². The SMILES string of the molecule is CCCc1nnc(NCc2ccc(OC)c(O)c2)s1. The van der Waals surface area contributed by atoms with Gasteiger partial charge in [0.1, 0.15) is 5.01 Å². The van der Waals surface area contributed by atoms with E-state index >= 15 is 0 Å². The molecule has 0 aliphatic heterocycles. The number of ether oxygens (including phenoxy) is 1. The molecule has 0 amide bonds. The van der Waals surface area contributed by atoms with Gasteiger partial charge in [0.15, 0.2) is 11.5 Å². The van der Waals surface area contributed by atoms with Crippen molar-refractivity contribution in [2.75, 3.05) is 12.4 Å². The zero-order chi connectivity index (χ0) is 13.7. The smallest absolute Gasteiger partial charge is 0.205 e. The van der Waals surface area contributed by atoms with Crippen LogP contribution < -0.4 is 10.1 Å². The Bertz CT molecular complexity index is 542. The third-order valence-corrected chi connectivity index (χ3v) is 3.56. The molecule has 2 rings (SSSR count). The fourth-order valence-corrected chi connectivity index (χ4v) is 2.50. The van der Waals surface area contributed by atoms with Crippen molar-refractivity contribution in [1.29, 1.82) is 0 Å². The van der Waals surface area contributed by atoms with Gasteiger partial charge in [-0.25, -0.2) is 0 Å². The summed E-state index contributed by atoms with van der Waals surface area (Å²) in [7, 11) is 1.53. The topological polar surface area (TPSA) is 67.3 Å². The van der Waals surface area contributed by atoms with E-state index in [1.165, 1.54) is 7.11 Å². The Morgan fingerprint density at radius 1 is 1.37 bits per heavy atom. The number of aromatic hydroxyl groups is 1. The van der Waals surface area contributed by atoms with Crippen molar-refractivity contribution >= 4 is 16.5 Å². The molecule has 2 N–H and O–H groups in total. The minimum atomic E-state index is 0.144. The summed E-state index contributed by atoms with van der Waals surface area (Å²) in [4.78, 5) is 0.